The lowest BCUT2D eigenvalue weighted by Crippen LogP contribution is -2.47. The summed E-state index contributed by atoms with van der Waals surface area (Å²) < 4.78 is 42.9. The summed E-state index contributed by atoms with van der Waals surface area (Å²) in [6.07, 6.45) is -4.27. The number of anilines is 2. The van der Waals surface area contributed by atoms with Gasteiger partial charge in [-0.05, 0) is 19.1 Å². The number of para-hydroxylation sites is 2. The van der Waals surface area contributed by atoms with Gasteiger partial charge in [-0.1, -0.05) is 12.1 Å². The maximum atomic E-state index is 12.6. The van der Waals surface area contributed by atoms with E-state index < -0.39 is 12.7 Å². The molecule has 2 rings (SSSR count). The van der Waals surface area contributed by atoms with Gasteiger partial charge in [0.25, 0.3) is 5.91 Å². The van der Waals surface area contributed by atoms with E-state index in [1.807, 2.05) is 0 Å². The van der Waals surface area contributed by atoms with Gasteiger partial charge in [0, 0.05) is 19.7 Å². The average molecular weight is 302 g/mol. The van der Waals surface area contributed by atoms with E-state index in [1.54, 1.807) is 31.2 Å². The summed E-state index contributed by atoms with van der Waals surface area (Å²) >= 11 is 0. The Morgan fingerprint density at radius 2 is 1.90 bits per heavy atom. The van der Waals surface area contributed by atoms with Crippen molar-refractivity contribution in [1.82, 2.24) is 0 Å². The largest absolute Gasteiger partial charge is 0.405 e. The summed E-state index contributed by atoms with van der Waals surface area (Å²) in [7, 11) is 0. The van der Waals surface area contributed by atoms with Crippen LogP contribution >= 0.6 is 0 Å². The number of nitrogens with zero attached hydrogens (tertiary/aromatic N) is 2. The predicted octanol–water partition coefficient (Wildman–Crippen LogP) is 2.44. The first-order valence-corrected chi connectivity index (χ1v) is 6.71. The molecule has 1 aliphatic rings. The molecule has 1 amide bonds. The zero-order valence-electron chi connectivity index (χ0n) is 11.7. The Labute approximate surface area is 121 Å². The van der Waals surface area contributed by atoms with Crippen molar-refractivity contribution in [2.75, 3.05) is 42.6 Å². The van der Waals surface area contributed by atoms with Crippen molar-refractivity contribution >= 4 is 17.3 Å². The van der Waals surface area contributed by atoms with Crippen molar-refractivity contribution in [2.45, 2.75) is 13.1 Å². The van der Waals surface area contributed by atoms with Gasteiger partial charge in [0.1, 0.15) is 13.2 Å². The van der Waals surface area contributed by atoms with Gasteiger partial charge in [-0.3, -0.25) is 4.79 Å². The molecule has 4 nitrogen and oxygen atoms in total. The monoisotopic (exact) mass is 302 g/mol. The van der Waals surface area contributed by atoms with Crippen LogP contribution in [0.1, 0.15) is 6.92 Å². The molecule has 0 N–H and O–H groups in total. The quantitative estimate of drug-likeness (QED) is 0.856. The molecule has 0 spiro atoms. The highest BCUT2D eigenvalue weighted by Crippen LogP contribution is 2.34. The molecule has 0 bridgehead atoms. The van der Waals surface area contributed by atoms with E-state index >= 15 is 0 Å². The van der Waals surface area contributed by atoms with Crippen molar-refractivity contribution in [3.05, 3.63) is 24.3 Å². The zero-order valence-corrected chi connectivity index (χ0v) is 11.7. The second kappa shape index (κ2) is 6.34. The number of carbonyl (C=O) groups is 1. The molecule has 7 heteroatoms. The van der Waals surface area contributed by atoms with E-state index in [1.165, 1.54) is 9.80 Å². The fraction of sp³-hybridized carbons (Fsp3) is 0.500. The molecule has 0 saturated carbocycles. The SMILES string of the molecule is CCOCC(=O)N1CCN(CC(F)(F)F)c2ccccc21. The number of hydrogen-bond donors (Lipinski definition) is 0. The Morgan fingerprint density at radius 1 is 1.24 bits per heavy atom. The fourth-order valence-corrected chi connectivity index (χ4v) is 2.33. The molecule has 0 aromatic heterocycles. The first kappa shape index (κ1) is 15.6. The maximum Gasteiger partial charge on any atom is 0.405 e. The highest BCUT2D eigenvalue weighted by molar-refractivity contribution is 5.98. The molecule has 0 saturated heterocycles. The van der Waals surface area contributed by atoms with Crippen LogP contribution in [0.5, 0.6) is 0 Å². The van der Waals surface area contributed by atoms with Crippen molar-refractivity contribution < 1.29 is 22.7 Å². The zero-order chi connectivity index (χ0) is 15.5. The Hall–Kier alpha value is -1.76. The normalized spacial score (nSPS) is 15.0. The first-order chi connectivity index (χ1) is 9.92. The maximum absolute atomic E-state index is 12.6. The van der Waals surface area contributed by atoms with Gasteiger partial charge >= 0.3 is 6.18 Å². The molecule has 0 atom stereocenters. The number of rotatable bonds is 4. The van der Waals surface area contributed by atoms with Crippen LogP contribution in [0, 0.1) is 0 Å². The van der Waals surface area contributed by atoms with Crippen molar-refractivity contribution in [3.8, 4) is 0 Å². The van der Waals surface area contributed by atoms with Crippen LogP contribution in [0.4, 0.5) is 24.5 Å². The Balaban J connectivity index is 2.22. The van der Waals surface area contributed by atoms with E-state index in [0.29, 0.717) is 18.0 Å². The lowest BCUT2D eigenvalue weighted by Gasteiger charge is -2.38. The molecule has 21 heavy (non-hydrogen) atoms. The van der Waals surface area contributed by atoms with Gasteiger partial charge in [0.2, 0.25) is 0 Å². The number of alkyl halides is 3. The fourth-order valence-electron chi connectivity index (χ4n) is 2.33. The highest BCUT2D eigenvalue weighted by atomic mass is 19.4. The number of amides is 1. The van der Waals surface area contributed by atoms with Gasteiger partial charge in [-0.25, -0.2) is 0 Å². The van der Waals surface area contributed by atoms with Crippen LogP contribution in [0.3, 0.4) is 0 Å². The Morgan fingerprint density at radius 3 is 2.52 bits per heavy atom. The second-order valence-corrected chi connectivity index (χ2v) is 4.71. The third-order valence-corrected chi connectivity index (χ3v) is 3.21. The molecule has 0 fully saturated rings. The van der Waals surface area contributed by atoms with Crippen LogP contribution in [-0.4, -0.2) is 44.9 Å². The van der Waals surface area contributed by atoms with Gasteiger partial charge < -0.3 is 14.5 Å². The minimum atomic E-state index is -4.27. The second-order valence-electron chi connectivity index (χ2n) is 4.71. The van der Waals surface area contributed by atoms with Gasteiger partial charge in [0.05, 0.1) is 11.4 Å². The highest BCUT2D eigenvalue weighted by Gasteiger charge is 2.35. The van der Waals surface area contributed by atoms with Gasteiger partial charge in [0.15, 0.2) is 0 Å². The van der Waals surface area contributed by atoms with Crippen LogP contribution in [0.25, 0.3) is 0 Å². The molecule has 1 aliphatic heterocycles. The number of benzene rings is 1. The molecule has 1 heterocycles. The van der Waals surface area contributed by atoms with Crippen LogP contribution in [-0.2, 0) is 9.53 Å². The Bertz CT molecular complexity index is 505. The number of fused-ring (bicyclic) bond motifs is 1. The third-order valence-electron chi connectivity index (χ3n) is 3.21. The molecule has 0 radical (unpaired) electrons. The molecule has 1 aromatic rings. The summed E-state index contributed by atoms with van der Waals surface area (Å²) in [5.74, 6) is -0.240. The number of ether oxygens (including phenoxy) is 1. The predicted molar refractivity (Wildman–Crippen MR) is 73.6 cm³/mol. The lowest BCUT2D eigenvalue weighted by atomic mass is 10.1. The standard InChI is InChI=1S/C14H17F3N2O2/c1-2-21-9-13(20)19-8-7-18(10-14(15,16)17)11-5-3-4-6-12(11)19/h3-6H,2,7-10H2,1H3. The molecular formula is C14H17F3N2O2. The first-order valence-electron chi connectivity index (χ1n) is 6.71. The minimum absolute atomic E-state index is 0.0654. The molecule has 1 aromatic carbocycles. The van der Waals surface area contributed by atoms with Crippen molar-refractivity contribution in [3.63, 3.8) is 0 Å². The summed E-state index contributed by atoms with van der Waals surface area (Å²) in [5.41, 5.74) is 0.920. The summed E-state index contributed by atoms with van der Waals surface area (Å²) in [6, 6.07) is 6.62. The third kappa shape index (κ3) is 3.87. The van der Waals surface area contributed by atoms with Crippen LogP contribution < -0.4 is 9.80 Å². The van der Waals surface area contributed by atoms with E-state index in [-0.39, 0.29) is 25.6 Å². The van der Waals surface area contributed by atoms with Crippen LogP contribution in [0.2, 0.25) is 0 Å². The van der Waals surface area contributed by atoms with E-state index in [9.17, 15) is 18.0 Å². The summed E-state index contributed by atoms with van der Waals surface area (Å²) in [4.78, 5) is 14.8. The van der Waals surface area contributed by atoms with Gasteiger partial charge in [-0.2, -0.15) is 13.2 Å². The van der Waals surface area contributed by atoms with E-state index in [4.69, 9.17) is 4.74 Å². The number of hydrogen-bond acceptors (Lipinski definition) is 3. The molecular weight excluding hydrogens is 285 g/mol. The van der Waals surface area contributed by atoms with Gasteiger partial charge in [-0.15, -0.1) is 0 Å². The summed E-state index contributed by atoms with van der Waals surface area (Å²) in [5, 5.41) is 0. The molecule has 0 aliphatic carbocycles. The Kier molecular flexibility index (Phi) is 4.72. The number of halogens is 3. The van der Waals surface area contributed by atoms with E-state index in [2.05, 4.69) is 0 Å². The minimum Gasteiger partial charge on any atom is -0.372 e. The van der Waals surface area contributed by atoms with Crippen LogP contribution in [0.15, 0.2) is 24.3 Å². The van der Waals surface area contributed by atoms with Crippen molar-refractivity contribution in [1.29, 1.82) is 0 Å². The smallest absolute Gasteiger partial charge is 0.372 e. The molecule has 116 valence electrons. The number of carbonyl (C=O) groups excluding carboxylic acids is 1. The average Bonchev–Trinajstić information content (AvgIpc) is 2.43. The topological polar surface area (TPSA) is 32.8 Å². The van der Waals surface area contributed by atoms with Crippen molar-refractivity contribution in [2.24, 2.45) is 0 Å². The van der Waals surface area contributed by atoms with E-state index in [0.717, 1.165) is 0 Å². The lowest BCUT2D eigenvalue weighted by molar-refractivity contribution is -0.123. The summed E-state index contributed by atoms with van der Waals surface area (Å²) in [6.45, 7) is 1.49. The molecule has 0 unspecified atom stereocenters.